The van der Waals surface area contributed by atoms with Crippen LogP contribution in [0.25, 0.3) is 0 Å². The van der Waals surface area contributed by atoms with E-state index in [-0.39, 0.29) is 11.8 Å². The third-order valence-corrected chi connectivity index (χ3v) is 4.03. The van der Waals surface area contributed by atoms with Crippen molar-refractivity contribution in [3.05, 3.63) is 0 Å². The van der Waals surface area contributed by atoms with Gasteiger partial charge in [-0.2, -0.15) is 0 Å². The molecule has 2 unspecified atom stereocenters. The average Bonchev–Trinajstić information content (AvgIpc) is 2.44. The standard InChI is InChI=1S/C10H22N2O2S/c1-9(8-15(3,13)14)11-7-10-5-4-6-12(10)2/h9-11H,4-8H2,1-3H3. The van der Waals surface area contributed by atoms with Crippen molar-refractivity contribution >= 4 is 9.84 Å². The van der Waals surface area contributed by atoms with Gasteiger partial charge in [0.05, 0.1) is 5.75 Å². The second-order valence-electron chi connectivity index (χ2n) is 4.68. The minimum atomic E-state index is -2.86. The maximum Gasteiger partial charge on any atom is 0.148 e. The van der Waals surface area contributed by atoms with Gasteiger partial charge in [-0.05, 0) is 33.4 Å². The Hall–Kier alpha value is -0.130. The molecule has 0 radical (unpaired) electrons. The fraction of sp³-hybridized carbons (Fsp3) is 1.00. The molecule has 0 amide bonds. The van der Waals surface area contributed by atoms with E-state index in [0.717, 1.165) is 13.1 Å². The average molecular weight is 234 g/mol. The minimum Gasteiger partial charge on any atom is -0.312 e. The van der Waals surface area contributed by atoms with Crippen LogP contribution in [0.2, 0.25) is 0 Å². The highest BCUT2D eigenvalue weighted by molar-refractivity contribution is 7.90. The lowest BCUT2D eigenvalue weighted by molar-refractivity contribution is 0.295. The van der Waals surface area contributed by atoms with Gasteiger partial charge in [0.2, 0.25) is 0 Å². The van der Waals surface area contributed by atoms with E-state index in [1.807, 2.05) is 6.92 Å². The normalized spacial score (nSPS) is 25.7. The highest BCUT2D eigenvalue weighted by Gasteiger charge is 2.21. The molecule has 15 heavy (non-hydrogen) atoms. The van der Waals surface area contributed by atoms with E-state index in [0.29, 0.717) is 6.04 Å². The van der Waals surface area contributed by atoms with Crippen LogP contribution in [-0.4, -0.2) is 57.5 Å². The van der Waals surface area contributed by atoms with Crippen molar-refractivity contribution in [1.29, 1.82) is 0 Å². The number of rotatable bonds is 5. The zero-order chi connectivity index (χ0) is 11.5. The molecule has 0 spiro atoms. The molecule has 90 valence electrons. The van der Waals surface area contributed by atoms with Crippen molar-refractivity contribution in [1.82, 2.24) is 10.2 Å². The molecule has 1 rings (SSSR count). The lowest BCUT2D eigenvalue weighted by Gasteiger charge is -2.22. The van der Waals surface area contributed by atoms with Crippen LogP contribution in [0.1, 0.15) is 19.8 Å². The summed E-state index contributed by atoms with van der Waals surface area (Å²) in [5.74, 6) is 0.226. The molecule has 5 heteroatoms. The van der Waals surface area contributed by atoms with Crippen LogP contribution in [0.15, 0.2) is 0 Å². The van der Waals surface area contributed by atoms with Gasteiger partial charge in [0.15, 0.2) is 0 Å². The van der Waals surface area contributed by atoms with E-state index in [9.17, 15) is 8.42 Å². The molecule has 0 aromatic heterocycles. The minimum absolute atomic E-state index is 0.0500. The zero-order valence-electron chi connectivity index (χ0n) is 9.86. The number of nitrogens with zero attached hydrogens (tertiary/aromatic N) is 1. The predicted octanol–water partition coefficient (Wildman–Crippen LogP) is 0.103. The number of likely N-dealkylation sites (tertiary alicyclic amines) is 1. The first-order valence-electron chi connectivity index (χ1n) is 5.50. The van der Waals surface area contributed by atoms with Crippen LogP contribution in [-0.2, 0) is 9.84 Å². The monoisotopic (exact) mass is 234 g/mol. The van der Waals surface area contributed by atoms with Crippen molar-refractivity contribution in [3.63, 3.8) is 0 Å². The first kappa shape index (κ1) is 12.9. The second kappa shape index (κ2) is 5.27. The fourth-order valence-corrected chi connectivity index (χ4v) is 3.11. The molecular weight excluding hydrogens is 212 g/mol. The van der Waals surface area contributed by atoms with Gasteiger partial charge in [0.25, 0.3) is 0 Å². The number of nitrogens with one attached hydrogen (secondary N) is 1. The Kier molecular flexibility index (Phi) is 4.55. The number of hydrogen-bond donors (Lipinski definition) is 1. The van der Waals surface area contributed by atoms with Crippen LogP contribution in [0.4, 0.5) is 0 Å². The van der Waals surface area contributed by atoms with Gasteiger partial charge in [0, 0.05) is 24.9 Å². The van der Waals surface area contributed by atoms with Gasteiger partial charge in [-0.15, -0.1) is 0 Å². The first-order chi connectivity index (χ1) is 6.88. The molecule has 1 N–H and O–H groups in total. The van der Waals surface area contributed by atoms with Crippen molar-refractivity contribution in [2.45, 2.75) is 31.8 Å². The van der Waals surface area contributed by atoms with Crippen LogP contribution < -0.4 is 5.32 Å². The number of likely N-dealkylation sites (N-methyl/N-ethyl adjacent to an activating group) is 1. The maximum absolute atomic E-state index is 11.1. The molecule has 0 saturated carbocycles. The van der Waals surface area contributed by atoms with Crippen molar-refractivity contribution in [2.75, 3.05) is 32.1 Å². The molecule has 0 aromatic carbocycles. The van der Waals surface area contributed by atoms with E-state index >= 15 is 0 Å². The second-order valence-corrected chi connectivity index (χ2v) is 6.86. The largest absolute Gasteiger partial charge is 0.312 e. The summed E-state index contributed by atoms with van der Waals surface area (Å²) in [6.45, 7) is 3.98. The van der Waals surface area contributed by atoms with E-state index in [4.69, 9.17) is 0 Å². The molecule has 1 heterocycles. The van der Waals surface area contributed by atoms with Crippen molar-refractivity contribution < 1.29 is 8.42 Å². The van der Waals surface area contributed by atoms with Gasteiger partial charge in [0.1, 0.15) is 9.84 Å². The highest BCUT2D eigenvalue weighted by atomic mass is 32.2. The van der Waals surface area contributed by atoms with Gasteiger partial charge in [-0.25, -0.2) is 8.42 Å². The SMILES string of the molecule is CC(CS(C)(=O)=O)NCC1CCCN1C. The smallest absolute Gasteiger partial charge is 0.148 e. The number of sulfone groups is 1. The Balaban J connectivity index is 2.25. The predicted molar refractivity (Wildman–Crippen MR) is 62.8 cm³/mol. The van der Waals surface area contributed by atoms with E-state index in [1.54, 1.807) is 0 Å². The Morgan fingerprint density at radius 1 is 1.53 bits per heavy atom. The number of hydrogen-bond acceptors (Lipinski definition) is 4. The lowest BCUT2D eigenvalue weighted by Crippen LogP contribution is -2.41. The zero-order valence-corrected chi connectivity index (χ0v) is 10.7. The molecular formula is C10H22N2O2S. The van der Waals surface area contributed by atoms with Crippen molar-refractivity contribution in [2.24, 2.45) is 0 Å². The van der Waals surface area contributed by atoms with Gasteiger partial charge in [-0.3, -0.25) is 0 Å². The fourth-order valence-electron chi connectivity index (χ4n) is 2.09. The lowest BCUT2D eigenvalue weighted by atomic mass is 10.2. The maximum atomic E-state index is 11.1. The molecule has 2 atom stereocenters. The van der Waals surface area contributed by atoms with Crippen molar-refractivity contribution in [3.8, 4) is 0 Å². The Morgan fingerprint density at radius 3 is 2.67 bits per heavy atom. The first-order valence-corrected chi connectivity index (χ1v) is 7.56. The molecule has 0 aliphatic carbocycles. The summed E-state index contributed by atoms with van der Waals surface area (Å²) in [4.78, 5) is 2.33. The topological polar surface area (TPSA) is 49.4 Å². The van der Waals surface area contributed by atoms with Gasteiger partial charge in [-0.1, -0.05) is 0 Å². The van der Waals surface area contributed by atoms with Gasteiger partial charge >= 0.3 is 0 Å². The summed E-state index contributed by atoms with van der Waals surface area (Å²) >= 11 is 0. The third kappa shape index (κ3) is 4.95. The van der Waals surface area contributed by atoms with Crippen LogP contribution in [0, 0.1) is 0 Å². The third-order valence-electron chi connectivity index (χ3n) is 2.93. The Bertz CT molecular complexity index is 290. The molecule has 0 bridgehead atoms. The molecule has 1 aliphatic heterocycles. The molecule has 1 saturated heterocycles. The Morgan fingerprint density at radius 2 is 2.20 bits per heavy atom. The Labute approximate surface area is 93.0 Å². The summed E-state index contributed by atoms with van der Waals surface area (Å²) in [6.07, 6.45) is 3.76. The summed E-state index contributed by atoms with van der Waals surface area (Å²) < 4.78 is 22.1. The van der Waals surface area contributed by atoms with E-state index < -0.39 is 9.84 Å². The molecule has 1 fully saturated rings. The van der Waals surface area contributed by atoms with E-state index in [2.05, 4.69) is 17.3 Å². The highest BCUT2D eigenvalue weighted by Crippen LogP contribution is 2.13. The van der Waals surface area contributed by atoms with Crippen LogP contribution in [0.3, 0.4) is 0 Å². The van der Waals surface area contributed by atoms with Crippen LogP contribution >= 0.6 is 0 Å². The molecule has 4 nitrogen and oxygen atoms in total. The van der Waals surface area contributed by atoms with Gasteiger partial charge < -0.3 is 10.2 Å². The van der Waals surface area contributed by atoms with Crippen LogP contribution in [0.5, 0.6) is 0 Å². The summed E-state index contributed by atoms with van der Waals surface area (Å²) in [5, 5.41) is 3.29. The van der Waals surface area contributed by atoms with E-state index in [1.165, 1.54) is 19.1 Å². The summed E-state index contributed by atoms with van der Waals surface area (Å²) in [7, 11) is -0.733. The molecule has 0 aromatic rings. The quantitative estimate of drug-likeness (QED) is 0.733. The summed E-state index contributed by atoms with van der Waals surface area (Å²) in [5.41, 5.74) is 0. The molecule has 1 aliphatic rings. The summed E-state index contributed by atoms with van der Waals surface area (Å²) in [6, 6.07) is 0.626.